The van der Waals surface area contributed by atoms with Crippen LogP contribution >= 0.6 is 0 Å². The van der Waals surface area contributed by atoms with Crippen LogP contribution in [-0.4, -0.2) is 49.0 Å². The number of benzene rings is 2. The van der Waals surface area contributed by atoms with Crippen LogP contribution in [0.4, 0.5) is 10.5 Å². The van der Waals surface area contributed by atoms with E-state index in [4.69, 9.17) is 4.74 Å². The fourth-order valence-electron chi connectivity index (χ4n) is 3.28. The largest absolute Gasteiger partial charge is 0.496 e. The lowest BCUT2D eigenvalue weighted by molar-refractivity contribution is -0.133. The third-order valence-electron chi connectivity index (χ3n) is 4.89. The van der Waals surface area contributed by atoms with Crippen LogP contribution < -0.4 is 15.0 Å². The van der Waals surface area contributed by atoms with Crippen molar-refractivity contribution in [1.82, 2.24) is 10.2 Å². The van der Waals surface area contributed by atoms with E-state index < -0.39 is 17.5 Å². The van der Waals surface area contributed by atoms with E-state index >= 15 is 0 Å². The Morgan fingerprint density at radius 3 is 2.43 bits per heavy atom. The maximum absolute atomic E-state index is 13.0. The minimum Gasteiger partial charge on any atom is -0.496 e. The predicted octanol–water partition coefficient (Wildman–Crippen LogP) is 2.21. The number of amides is 4. The van der Waals surface area contributed by atoms with Crippen molar-refractivity contribution >= 4 is 23.5 Å². The third-order valence-corrected chi connectivity index (χ3v) is 4.89. The van der Waals surface area contributed by atoms with E-state index in [0.29, 0.717) is 11.4 Å². The fraction of sp³-hybridized carbons (Fsp3) is 0.286. The van der Waals surface area contributed by atoms with Crippen LogP contribution in [0.25, 0.3) is 0 Å². The van der Waals surface area contributed by atoms with Gasteiger partial charge in [-0.05, 0) is 30.7 Å². The SMILES string of the molecule is COc1ccccc1C[C@@]1(C)NC(=O)N(CC(=O)N(C)c2ccccc2)C1=O. The average molecular weight is 381 g/mol. The van der Waals surface area contributed by atoms with Gasteiger partial charge in [-0.25, -0.2) is 4.79 Å². The standard InChI is InChI=1S/C21H23N3O4/c1-21(13-15-9-7-8-12-17(15)28-3)19(26)24(20(27)22-21)14-18(25)23(2)16-10-5-4-6-11-16/h4-12H,13-14H2,1-3H3,(H,22,27)/t21-/m1/s1. The summed E-state index contributed by atoms with van der Waals surface area (Å²) in [6.45, 7) is 1.34. The molecule has 28 heavy (non-hydrogen) atoms. The number of imide groups is 1. The Morgan fingerprint density at radius 2 is 1.75 bits per heavy atom. The van der Waals surface area contributed by atoms with Gasteiger partial charge in [0.05, 0.1) is 7.11 Å². The van der Waals surface area contributed by atoms with Crippen molar-refractivity contribution in [2.75, 3.05) is 25.6 Å². The molecule has 0 unspecified atom stereocenters. The Kier molecular flexibility index (Phi) is 5.35. The lowest BCUT2D eigenvalue weighted by atomic mass is 9.92. The molecule has 1 aliphatic heterocycles. The summed E-state index contributed by atoms with van der Waals surface area (Å²) in [5, 5.41) is 2.73. The highest BCUT2D eigenvalue weighted by atomic mass is 16.5. The van der Waals surface area contributed by atoms with E-state index in [0.717, 1.165) is 10.5 Å². The molecule has 0 radical (unpaired) electrons. The van der Waals surface area contributed by atoms with Crippen LogP contribution in [-0.2, 0) is 16.0 Å². The summed E-state index contributed by atoms with van der Waals surface area (Å²) in [5.74, 6) is -0.140. The van der Waals surface area contributed by atoms with Crippen LogP contribution in [0.3, 0.4) is 0 Å². The third kappa shape index (κ3) is 3.69. The van der Waals surface area contributed by atoms with E-state index in [1.54, 1.807) is 39.3 Å². The monoisotopic (exact) mass is 381 g/mol. The second kappa shape index (κ2) is 7.72. The van der Waals surface area contributed by atoms with Gasteiger partial charge >= 0.3 is 6.03 Å². The minimum atomic E-state index is -1.14. The smallest absolute Gasteiger partial charge is 0.325 e. The Labute approximate surface area is 163 Å². The Morgan fingerprint density at radius 1 is 1.11 bits per heavy atom. The van der Waals surface area contributed by atoms with Crippen molar-refractivity contribution in [1.29, 1.82) is 0 Å². The molecule has 7 nitrogen and oxygen atoms in total. The molecule has 3 rings (SSSR count). The number of rotatable bonds is 6. The topological polar surface area (TPSA) is 79.0 Å². The maximum Gasteiger partial charge on any atom is 0.325 e. The number of carbonyl (C=O) groups excluding carboxylic acids is 3. The maximum atomic E-state index is 13.0. The van der Waals surface area contributed by atoms with Gasteiger partial charge in [-0.2, -0.15) is 0 Å². The first kappa shape index (κ1) is 19.4. The molecule has 0 saturated carbocycles. The van der Waals surface area contributed by atoms with Gasteiger partial charge in [0.25, 0.3) is 5.91 Å². The molecule has 1 saturated heterocycles. The number of anilines is 1. The average Bonchev–Trinajstić information content (AvgIpc) is 2.91. The number of para-hydroxylation sites is 2. The summed E-state index contributed by atoms with van der Waals surface area (Å²) >= 11 is 0. The van der Waals surface area contributed by atoms with Crippen molar-refractivity contribution in [2.24, 2.45) is 0 Å². The molecule has 146 valence electrons. The first-order valence-corrected chi connectivity index (χ1v) is 8.93. The molecule has 0 aliphatic carbocycles. The van der Waals surface area contributed by atoms with Crippen molar-refractivity contribution in [3.05, 3.63) is 60.2 Å². The van der Waals surface area contributed by atoms with Crippen molar-refractivity contribution in [3.63, 3.8) is 0 Å². The molecule has 1 aliphatic rings. The predicted molar refractivity (Wildman–Crippen MR) is 105 cm³/mol. The Bertz CT molecular complexity index is 900. The van der Waals surface area contributed by atoms with E-state index in [1.165, 1.54) is 4.90 Å². The van der Waals surface area contributed by atoms with Crippen molar-refractivity contribution in [3.8, 4) is 5.75 Å². The second-order valence-electron chi connectivity index (χ2n) is 6.93. The minimum absolute atomic E-state index is 0.265. The van der Waals surface area contributed by atoms with E-state index in [-0.39, 0.29) is 18.9 Å². The van der Waals surface area contributed by atoms with Crippen LogP contribution in [0.1, 0.15) is 12.5 Å². The summed E-state index contributed by atoms with van der Waals surface area (Å²) in [6.07, 6.45) is 0.265. The lowest BCUT2D eigenvalue weighted by Crippen LogP contribution is -2.47. The van der Waals surface area contributed by atoms with Gasteiger partial charge in [0, 0.05) is 19.2 Å². The molecular weight excluding hydrogens is 358 g/mol. The zero-order chi connectivity index (χ0) is 20.3. The van der Waals surface area contributed by atoms with Crippen LogP contribution in [0.2, 0.25) is 0 Å². The van der Waals surface area contributed by atoms with Gasteiger partial charge in [-0.1, -0.05) is 36.4 Å². The van der Waals surface area contributed by atoms with E-state index in [9.17, 15) is 14.4 Å². The quantitative estimate of drug-likeness (QED) is 0.778. The molecule has 0 aromatic heterocycles. The molecule has 2 aromatic carbocycles. The van der Waals surface area contributed by atoms with Gasteiger partial charge in [0.2, 0.25) is 5.91 Å². The molecule has 1 fully saturated rings. The summed E-state index contributed by atoms with van der Waals surface area (Å²) in [4.78, 5) is 40.4. The number of nitrogens with zero attached hydrogens (tertiary/aromatic N) is 2. The lowest BCUT2D eigenvalue weighted by Gasteiger charge is -2.23. The number of hydrogen-bond acceptors (Lipinski definition) is 4. The van der Waals surface area contributed by atoms with Crippen molar-refractivity contribution < 1.29 is 19.1 Å². The van der Waals surface area contributed by atoms with Gasteiger partial charge < -0.3 is 15.0 Å². The zero-order valence-electron chi connectivity index (χ0n) is 16.1. The summed E-state index contributed by atoms with van der Waals surface area (Å²) in [6, 6.07) is 15.8. The number of hydrogen-bond donors (Lipinski definition) is 1. The fourth-order valence-corrected chi connectivity index (χ4v) is 3.28. The molecule has 0 bridgehead atoms. The molecule has 1 N–H and O–H groups in total. The molecule has 2 aromatic rings. The van der Waals surface area contributed by atoms with E-state index in [1.807, 2.05) is 36.4 Å². The highest BCUT2D eigenvalue weighted by Crippen LogP contribution is 2.27. The summed E-state index contributed by atoms with van der Waals surface area (Å²) < 4.78 is 5.34. The van der Waals surface area contributed by atoms with Gasteiger partial charge in [-0.15, -0.1) is 0 Å². The molecular formula is C21H23N3O4. The molecule has 1 atom stereocenters. The summed E-state index contributed by atoms with van der Waals surface area (Å²) in [7, 11) is 3.17. The number of urea groups is 1. The number of ether oxygens (including phenoxy) is 1. The van der Waals surface area contributed by atoms with Gasteiger partial charge in [-0.3, -0.25) is 14.5 Å². The highest BCUT2D eigenvalue weighted by Gasteiger charge is 2.48. The van der Waals surface area contributed by atoms with Gasteiger partial charge in [0.15, 0.2) is 0 Å². The molecule has 1 heterocycles. The normalized spacial score (nSPS) is 18.8. The first-order chi connectivity index (χ1) is 13.4. The molecule has 4 amide bonds. The van der Waals surface area contributed by atoms with E-state index in [2.05, 4.69) is 5.32 Å². The number of carbonyl (C=O) groups is 3. The van der Waals surface area contributed by atoms with Crippen LogP contribution in [0.15, 0.2) is 54.6 Å². The van der Waals surface area contributed by atoms with Gasteiger partial charge in [0.1, 0.15) is 17.8 Å². The van der Waals surface area contributed by atoms with Crippen LogP contribution in [0, 0.1) is 0 Å². The Balaban J connectivity index is 1.75. The number of nitrogens with one attached hydrogen (secondary N) is 1. The number of likely N-dealkylation sites (N-methyl/N-ethyl adjacent to an activating group) is 1. The summed E-state index contributed by atoms with van der Waals surface area (Å²) in [5.41, 5.74) is 0.351. The Hall–Kier alpha value is -3.35. The first-order valence-electron chi connectivity index (χ1n) is 8.93. The molecule has 0 spiro atoms. The zero-order valence-corrected chi connectivity index (χ0v) is 16.1. The van der Waals surface area contributed by atoms with Crippen LogP contribution in [0.5, 0.6) is 5.75 Å². The highest BCUT2D eigenvalue weighted by molar-refractivity contribution is 6.10. The second-order valence-corrected chi connectivity index (χ2v) is 6.93. The van der Waals surface area contributed by atoms with Crippen molar-refractivity contribution in [2.45, 2.75) is 18.9 Å². The number of methoxy groups -OCH3 is 1. The molecule has 7 heteroatoms.